The summed E-state index contributed by atoms with van der Waals surface area (Å²) in [5.74, 6) is -3.03. The van der Waals surface area contributed by atoms with E-state index in [0.29, 0.717) is 11.6 Å². The van der Waals surface area contributed by atoms with Gasteiger partial charge < -0.3 is 5.32 Å². The topological polar surface area (TPSA) is 59.1 Å². The molecule has 0 bridgehead atoms. The van der Waals surface area contributed by atoms with E-state index >= 15 is 0 Å². The number of ketones is 1. The molecule has 0 saturated heterocycles. The van der Waals surface area contributed by atoms with Crippen molar-refractivity contribution in [3.05, 3.63) is 59.4 Å². The molecule has 0 aliphatic carbocycles. The summed E-state index contributed by atoms with van der Waals surface area (Å²) in [6.07, 6.45) is 0.745. The summed E-state index contributed by atoms with van der Waals surface area (Å²) in [4.78, 5) is 26.7. The molecule has 0 aliphatic heterocycles. The molecule has 0 unspecified atom stereocenters. The molecule has 0 aliphatic rings. The van der Waals surface area contributed by atoms with Crippen molar-refractivity contribution in [1.29, 1.82) is 0 Å². The Morgan fingerprint density at radius 1 is 1.20 bits per heavy atom. The minimum Gasteiger partial charge on any atom is -0.320 e. The number of rotatable bonds is 3. The molecule has 4 nitrogen and oxygen atoms in total. The van der Waals surface area contributed by atoms with Gasteiger partial charge in [-0.1, -0.05) is 12.1 Å². The van der Waals surface area contributed by atoms with E-state index in [1.807, 2.05) is 0 Å². The summed E-state index contributed by atoms with van der Waals surface area (Å²) in [7, 11) is 0. The fourth-order valence-corrected chi connectivity index (χ4v) is 1.66. The molecular formula is C14H10F2N2O2. The molecule has 0 spiro atoms. The van der Waals surface area contributed by atoms with Gasteiger partial charge in [-0.25, -0.2) is 13.8 Å². The Hall–Kier alpha value is -2.63. The van der Waals surface area contributed by atoms with Crippen LogP contribution in [-0.4, -0.2) is 16.7 Å². The van der Waals surface area contributed by atoms with E-state index in [4.69, 9.17) is 0 Å². The maximum absolute atomic E-state index is 13.4. The van der Waals surface area contributed by atoms with Crippen LogP contribution >= 0.6 is 0 Å². The minimum absolute atomic E-state index is 0.242. The summed E-state index contributed by atoms with van der Waals surface area (Å²) < 4.78 is 26.2. The van der Waals surface area contributed by atoms with Gasteiger partial charge in [0.2, 0.25) is 0 Å². The van der Waals surface area contributed by atoms with Gasteiger partial charge in [0.25, 0.3) is 5.91 Å². The Labute approximate surface area is 113 Å². The number of anilines is 1. The van der Waals surface area contributed by atoms with Crippen LogP contribution in [0, 0.1) is 11.6 Å². The summed E-state index contributed by atoms with van der Waals surface area (Å²) in [5, 5.41) is 2.38. The number of amides is 1. The standard InChI is InChI=1S/C14H10F2N2O2/c1-8(19)10-4-2-3-5-12(10)18-14(20)13-11(16)6-9(15)7-17-13/h2-7H,1H3,(H,18,20). The van der Waals surface area contributed by atoms with Crippen molar-refractivity contribution >= 4 is 17.4 Å². The zero-order valence-electron chi connectivity index (χ0n) is 10.5. The first-order valence-corrected chi connectivity index (χ1v) is 5.71. The number of aromatic nitrogens is 1. The predicted octanol–water partition coefficient (Wildman–Crippen LogP) is 2.81. The lowest BCUT2D eigenvalue weighted by Gasteiger charge is -2.08. The van der Waals surface area contributed by atoms with Crippen LogP contribution < -0.4 is 5.32 Å². The molecule has 20 heavy (non-hydrogen) atoms. The average molecular weight is 276 g/mol. The zero-order valence-corrected chi connectivity index (χ0v) is 10.5. The Morgan fingerprint density at radius 2 is 1.90 bits per heavy atom. The molecule has 2 aromatic rings. The second-order valence-corrected chi connectivity index (χ2v) is 4.04. The number of hydrogen-bond donors (Lipinski definition) is 1. The monoisotopic (exact) mass is 276 g/mol. The number of benzene rings is 1. The SMILES string of the molecule is CC(=O)c1ccccc1NC(=O)c1ncc(F)cc1F. The van der Waals surface area contributed by atoms with Crippen molar-refractivity contribution in [1.82, 2.24) is 4.98 Å². The molecule has 0 saturated carbocycles. The molecule has 1 amide bonds. The normalized spacial score (nSPS) is 10.2. The Bertz CT molecular complexity index is 687. The van der Waals surface area contributed by atoms with Crippen LogP contribution in [-0.2, 0) is 0 Å². The highest BCUT2D eigenvalue weighted by molar-refractivity contribution is 6.08. The van der Waals surface area contributed by atoms with Crippen LogP contribution in [0.1, 0.15) is 27.8 Å². The first-order chi connectivity index (χ1) is 9.49. The number of nitrogens with one attached hydrogen (secondary N) is 1. The van der Waals surface area contributed by atoms with Crippen LogP contribution in [0.3, 0.4) is 0 Å². The Kier molecular flexibility index (Phi) is 3.84. The molecule has 0 atom stereocenters. The van der Waals surface area contributed by atoms with Crippen molar-refractivity contribution in [2.45, 2.75) is 6.92 Å². The van der Waals surface area contributed by atoms with Crippen LogP contribution in [0.5, 0.6) is 0 Å². The smallest absolute Gasteiger partial charge is 0.277 e. The van der Waals surface area contributed by atoms with Gasteiger partial charge in [-0.2, -0.15) is 0 Å². The summed E-state index contributed by atoms with van der Waals surface area (Å²) in [6, 6.07) is 6.88. The number of pyridine rings is 1. The quantitative estimate of drug-likeness (QED) is 0.877. The lowest BCUT2D eigenvalue weighted by atomic mass is 10.1. The molecule has 0 fully saturated rings. The first kappa shape index (κ1) is 13.8. The second kappa shape index (κ2) is 5.56. The summed E-state index contributed by atoms with van der Waals surface area (Å²) >= 11 is 0. The third-order valence-electron chi connectivity index (χ3n) is 2.58. The van der Waals surface area contributed by atoms with E-state index in [-0.39, 0.29) is 11.5 Å². The highest BCUT2D eigenvalue weighted by Crippen LogP contribution is 2.17. The number of carbonyl (C=O) groups excluding carboxylic acids is 2. The van der Waals surface area contributed by atoms with Crippen LogP contribution in [0.4, 0.5) is 14.5 Å². The van der Waals surface area contributed by atoms with Gasteiger partial charge in [-0.15, -0.1) is 0 Å². The van der Waals surface area contributed by atoms with E-state index in [9.17, 15) is 18.4 Å². The lowest BCUT2D eigenvalue weighted by molar-refractivity contribution is 0.101. The van der Waals surface area contributed by atoms with E-state index < -0.39 is 23.2 Å². The zero-order chi connectivity index (χ0) is 14.7. The van der Waals surface area contributed by atoms with Gasteiger partial charge in [-0.05, 0) is 19.1 Å². The van der Waals surface area contributed by atoms with Crippen molar-refractivity contribution < 1.29 is 18.4 Å². The second-order valence-electron chi connectivity index (χ2n) is 4.04. The molecule has 6 heteroatoms. The van der Waals surface area contributed by atoms with Crippen LogP contribution in [0.15, 0.2) is 36.5 Å². The molecule has 2 rings (SSSR count). The minimum atomic E-state index is -1.07. The number of hydrogen-bond acceptors (Lipinski definition) is 3. The van der Waals surface area contributed by atoms with E-state index in [1.54, 1.807) is 12.1 Å². The third kappa shape index (κ3) is 2.85. The van der Waals surface area contributed by atoms with Gasteiger partial charge in [0.05, 0.1) is 11.9 Å². The highest BCUT2D eigenvalue weighted by Gasteiger charge is 2.16. The van der Waals surface area contributed by atoms with Crippen molar-refractivity contribution in [3.8, 4) is 0 Å². The van der Waals surface area contributed by atoms with Gasteiger partial charge in [0.15, 0.2) is 17.3 Å². The maximum atomic E-state index is 13.4. The maximum Gasteiger partial charge on any atom is 0.277 e. The van der Waals surface area contributed by atoms with Gasteiger partial charge in [0.1, 0.15) is 5.82 Å². The Balaban J connectivity index is 2.30. The predicted molar refractivity (Wildman–Crippen MR) is 68.6 cm³/mol. The average Bonchev–Trinajstić information content (AvgIpc) is 2.38. The third-order valence-corrected chi connectivity index (χ3v) is 2.58. The molecule has 1 N–H and O–H groups in total. The molecule has 1 aromatic carbocycles. The van der Waals surface area contributed by atoms with Crippen molar-refractivity contribution in [3.63, 3.8) is 0 Å². The number of nitrogens with zero attached hydrogens (tertiary/aromatic N) is 1. The van der Waals surface area contributed by atoms with Gasteiger partial charge >= 0.3 is 0 Å². The van der Waals surface area contributed by atoms with E-state index in [1.165, 1.54) is 19.1 Å². The molecule has 1 aromatic heterocycles. The lowest BCUT2D eigenvalue weighted by Crippen LogP contribution is -2.17. The summed E-state index contributed by atoms with van der Waals surface area (Å²) in [5.41, 5.74) is 0.00338. The number of carbonyl (C=O) groups is 2. The van der Waals surface area contributed by atoms with Crippen LogP contribution in [0.2, 0.25) is 0 Å². The largest absolute Gasteiger partial charge is 0.320 e. The fraction of sp³-hybridized carbons (Fsp3) is 0.0714. The number of para-hydroxylation sites is 1. The van der Waals surface area contributed by atoms with Gasteiger partial charge in [-0.3, -0.25) is 9.59 Å². The fourth-order valence-electron chi connectivity index (χ4n) is 1.66. The Morgan fingerprint density at radius 3 is 2.55 bits per heavy atom. The molecule has 0 radical (unpaired) electrons. The highest BCUT2D eigenvalue weighted by atomic mass is 19.1. The van der Waals surface area contributed by atoms with Gasteiger partial charge in [0, 0.05) is 11.6 Å². The summed E-state index contributed by atoms with van der Waals surface area (Å²) in [6.45, 7) is 1.35. The first-order valence-electron chi connectivity index (χ1n) is 5.71. The number of Topliss-reactive ketones (excluding diaryl/α,β-unsaturated/α-hetero) is 1. The van der Waals surface area contributed by atoms with E-state index in [2.05, 4.69) is 10.3 Å². The molecule has 102 valence electrons. The van der Waals surface area contributed by atoms with E-state index in [0.717, 1.165) is 6.20 Å². The van der Waals surface area contributed by atoms with Crippen molar-refractivity contribution in [2.24, 2.45) is 0 Å². The molecule has 1 heterocycles. The van der Waals surface area contributed by atoms with Crippen molar-refractivity contribution in [2.75, 3.05) is 5.32 Å². The number of halogens is 2. The molecular weight excluding hydrogens is 266 g/mol. The van der Waals surface area contributed by atoms with Crippen LogP contribution in [0.25, 0.3) is 0 Å².